The van der Waals surface area contributed by atoms with E-state index in [0.29, 0.717) is 49.7 Å². The molecular formula is C21H30N2O4. The fourth-order valence-electron chi connectivity index (χ4n) is 4.06. The molecule has 0 atom stereocenters. The van der Waals surface area contributed by atoms with Crippen LogP contribution >= 0.6 is 0 Å². The second kappa shape index (κ2) is 9.11. The molecule has 1 aromatic rings. The van der Waals surface area contributed by atoms with Gasteiger partial charge in [0.15, 0.2) is 0 Å². The zero-order valence-electron chi connectivity index (χ0n) is 16.4. The van der Waals surface area contributed by atoms with Gasteiger partial charge in [-0.25, -0.2) is 0 Å². The first kappa shape index (κ1) is 19.5. The Hall–Kier alpha value is -2.24. The number of carbonyl (C=O) groups is 2. The predicted octanol–water partition coefficient (Wildman–Crippen LogP) is 2.96. The number of methoxy groups -OCH3 is 2. The molecule has 148 valence electrons. The molecule has 1 saturated heterocycles. The Kier molecular flexibility index (Phi) is 6.58. The van der Waals surface area contributed by atoms with E-state index in [4.69, 9.17) is 9.47 Å². The van der Waals surface area contributed by atoms with Gasteiger partial charge >= 0.3 is 0 Å². The normalized spacial score (nSPS) is 17.9. The molecule has 0 N–H and O–H groups in total. The summed E-state index contributed by atoms with van der Waals surface area (Å²) in [6.07, 6.45) is 6.84. The van der Waals surface area contributed by atoms with Crippen molar-refractivity contribution in [2.75, 3.05) is 40.4 Å². The van der Waals surface area contributed by atoms with Gasteiger partial charge in [0.2, 0.25) is 5.91 Å². The van der Waals surface area contributed by atoms with Crippen molar-refractivity contribution >= 4 is 11.8 Å². The van der Waals surface area contributed by atoms with E-state index in [2.05, 4.69) is 0 Å². The number of piperazine rings is 1. The third-order valence-electron chi connectivity index (χ3n) is 5.76. The average molecular weight is 374 g/mol. The van der Waals surface area contributed by atoms with Crippen LogP contribution in [0.3, 0.4) is 0 Å². The van der Waals surface area contributed by atoms with E-state index in [1.165, 1.54) is 25.7 Å². The lowest BCUT2D eigenvalue weighted by atomic mass is 10.0. The summed E-state index contributed by atoms with van der Waals surface area (Å²) in [6.45, 7) is 2.34. The van der Waals surface area contributed by atoms with Crippen LogP contribution in [-0.2, 0) is 4.79 Å². The van der Waals surface area contributed by atoms with Crippen LogP contribution in [-0.4, -0.2) is 62.0 Å². The van der Waals surface area contributed by atoms with Gasteiger partial charge < -0.3 is 19.3 Å². The molecule has 3 rings (SSSR count). The first-order valence-electron chi connectivity index (χ1n) is 9.91. The molecule has 1 aliphatic heterocycles. The highest BCUT2D eigenvalue weighted by Crippen LogP contribution is 2.29. The van der Waals surface area contributed by atoms with Gasteiger partial charge in [-0.15, -0.1) is 0 Å². The average Bonchev–Trinajstić information content (AvgIpc) is 3.24. The topological polar surface area (TPSA) is 59.1 Å². The number of amides is 2. The van der Waals surface area contributed by atoms with Crippen molar-refractivity contribution < 1.29 is 19.1 Å². The highest BCUT2D eigenvalue weighted by Gasteiger charge is 2.26. The van der Waals surface area contributed by atoms with E-state index < -0.39 is 0 Å². The van der Waals surface area contributed by atoms with Gasteiger partial charge in [-0.2, -0.15) is 0 Å². The SMILES string of the molecule is COc1cc(OC)cc(C(=O)N2CCN(C(=O)CCC3CCCC3)CC2)c1. The van der Waals surface area contributed by atoms with Gasteiger partial charge in [0, 0.05) is 44.2 Å². The standard InChI is InChI=1S/C21H30N2O4/c1-26-18-13-17(14-19(15-18)27-2)21(25)23-11-9-22(10-12-23)20(24)8-7-16-5-3-4-6-16/h13-16H,3-12H2,1-2H3. The lowest BCUT2D eigenvalue weighted by Gasteiger charge is -2.35. The summed E-state index contributed by atoms with van der Waals surface area (Å²) in [5.74, 6) is 2.11. The molecule has 2 aliphatic rings. The van der Waals surface area contributed by atoms with Gasteiger partial charge in [0.25, 0.3) is 5.91 Å². The molecule has 1 aromatic carbocycles. The molecule has 1 heterocycles. The van der Waals surface area contributed by atoms with E-state index in [9.17, 15) is 9.59 Å². The van der Waals surface area contributed by atoms with Crippen LogP contribution in [0.2, 0.25) is 0 Å². The summed E-state index contributed by atoms with van der Waals surface area (Å²) < 4.78 is 10.5. The lowest BCUT2D eigenvalue weighted by Crippen LogP contribution is -2.50. The number of nitrogens with zero attached hydrogens (tertiary/aromatic N) is 2. The number of hydrogen-bond donors (Lipinski definition) is 0. The highest BCUT2D eigenvalue weighted by molar-refractivity contribution is 5.95. The molecule has 6 heteroatoms. The van der Waals surface area contributed by atoms with Crippen molar-refractivity contribution in [2.45, 2.75) is 38.5 Å². The monoisotopic (exact) mass is 374 g/mol. The van der Waals surface area contributed by atoms with Crippen LogP contribution in [0.4, 0.5) is 0 Å². The molecule has 1 saturated carbocycles. The van der Waals surface area contributed by atoms with Crippen LogP contribution in [0.1, 0.15) is 48.9 Å². The number of hydrogen-bond acceptors (Lipinski definition) is 4. The minimum Gasteiger partial charge on any atom is -0.497 e. The summed E-state index contributed by atoms with van der Waals surface area (Å²) in [5, 5.41) is 0. The summed E-state index contributed by atoms with van der Waals surface area (Å²) >= 11 is 0. The molecule has 0 aromatic heterocycles. The summed E-state index contributed by atoms with van der Waals surface area (Å²) in [7, 11) is 3.14. The van der Waals surface area contributed by atoms with Gasteiger partial charge in [-0.1, -0.05) is 25.7 Å². The third kappa shape index (κ3) is 4.93. The van der Waals surface area contributed by atoms with Crippen molar-refractivity contribution in [3.8, 4) is 11.5 Å². The second-order valence-electron chi connectivity index (χ2n) is 7.46. The van der Waals surface area contributed by atoms with Gasteiger partial charge in [0.05, 0.1) is 14.2 Å². The Morgan fingerprint density at radius 3 is 2.04 bits per heavy atom. The maximum atomic E-state index is 12.8. The zero-order chi connectivity index (χ0) is 19.2. The summed E-state index contributed by atoms with van der Waals surface area (Å²) in [6, 6.07) is 5.20. The number of benzene rings is 1. The van der Waals surface area contributed by atoms with Crippen molar-refractivity contribution in [3.05, 3.63) is 23.8 Å². The Balaban J connectivity index is 1.52. The van der Waals surface area contributed by atoms with E-state index in [1.54, 1.807) is 37.3 Å². The Labute approximate surface area is 161 Å². The molecule has 27 heavy (non-hydrogen) atoms. The quantitative estimate of drug-likeness (QED) is 0.768. The molecule has 0 spiro atoms. The Morgan fingerprint density at radius 2 is 1.48 bits per heavy atom. The zero-order valence-corrected chi connectivity index (χ0v) is 16.4. The van der Waals surface area contributed by atoms with Gasteiger partial charge in [0.1, 0.15) is 11.5 Å². The van der Waals surface area contributed by atoms with Crippen molar-refractivity contribution in [3.63, 3.8) is 0 Å². The predicted molar refractivity (Wildman–Crippen MR) is 103 cm³/mol. The van der Waals surface area contributed by atoms with Crippen LogP contribution in [0.5, 0.6) is 11.5 Å². The molecule has 2 amide bonds. The van der Waals surface area contributed by atoms with Crippen LogP contribution < -0.4 is 9.47 Å². The van der Waals surface area contributed by atoms with Crippen LogP contribution in [0.15, 0.2) is 18.2 Å². The first-order valence-corrected chi connectivity index (χ1v) is 9.91. The van der Waals surface area contributed by atoms with Gasteiger partial charge in [-0.3, -0.25) is 9.59 Å². The van der Waals surface area contributed by atoms with E-state index in [1.807, 2.05) is 4.90 Å². The minimum absolute atomic E-state index is 0.0507. The van der Waals surface area contributed by atoms with Crippen LogP contribution in [0.25, 0.3) is 0 Å². The molecule has 0 radical (unpaired) electrons. The van der Waals surface area contributed by atoms with E-state index in [0.717, 1.165) is 12.3 Å². The number of ether oxygens (including phenoxy) is 2. The summed E-state index contributed by atoms with van der Waals surface area (Å²) in [5.41, 5.74) is 0.548. The molecule has 1 aliphatic carbocycles. The Morgan fingerprint density at radius 1 is 0.926 bits per heavy atom. The molecule has 0 bridgehead atoms. The maximum Gasteiger partial charge on any atom is 0.254 e. The lowest BCUT2D eigenvalue weighted by molar-refractivity contribution is -0.133. The van der Waals surface area contributed by atoms with Crippen molar-refractivity contribution in [1.29, 1.82) is 0 Å². The molecule has 6 nitrogen and oxygen atoms in total. The first-order chi connectivity index (χ1) is 13.1. The highest BCUT2D eigenvalue weighted by atomic mass is 16.5. The minimum atomic E-state index is -0.0507. The van der Waals surface area contributed by atoms with Crippen molar-refractivity contribution in [2.24, 2.45) is 5.92 Å². The van der Waals surface area contributed by atoms with E-state index >= 15 is 0 Å². The van der Waals surface area contributed by atoms with Crippen molar-refractivity contribution in [1.82, 2.24) is 9.80 Å². The largest absolute Gasteiger partial charge is 0.497 e. The fraction of sp³-hybridized carbons (Fsp3) is 0.619. The van der Waals surface area contributed by atoms with Crippen LogP contribution in [0, 0.1) is 5.92 Å². The van der Waals surface area contributed by atoms with E-state index in [-0.39, 0.29) is 11.8 Å². The second-order valence-corrected chi connectivity index (χ2v) is 7.46. The summed E-state index contributed by atoms with van der Waals surface area (Å²) in [4.78, 5) is 29.0. The Bertz CT molecular complexity index is 640. The number of rotatable bonds is 6. The third-order valence-corrected chi connectivity index (χ3v) is 5.76. The van der Waals surface area contributed by atoms with Gasteiger partial charge in [-0.05, 0) is 24.5 Å². The fourth-order valence-corrected chi connectivity index (χ4v) is 4.06. The smallest absolute Gasteiger partial charge is 0.254 e. The molecule has 0 unspecified atom stereocenters. The molecular weight excluding hydrogens is 344 g/mol. The maximum absolute atomic E-state index is 12.8. The number of carbonyl (C=O) groups excluding carboxylic acids is 2. The molecule has 2 fully saturated rings.